The first-order valence-corrected chi connectivity index (χ1v) is 2.90. The van der Waals surface area contributed by atoms with Gasteiger partial charge in [-0.1, -0.05) is 13.3 Å². The number of aliphatic carboxylic acids is 1. The smallest absolute Gasteiger partial charge is 0.373 e. The summed E-state index contributed by atoms with van der Waals surface area (Å²) in [5.74, 6) is -0.693. The molecule has 10 heavy (non-hydrogen) atoms. The molecule has 0 aromatic heterocycles. The van der Waals surface area contributed by atoms with Crippen LogP contribution in [0.3, 0.4) is 0 Å². The van der Waals surface area contributed by atoms with Crippen LogP contribution in [-0.2, 0) is 14.4 Å². The summed E-state index contributed by atoms with van der Waals surface area (Å²) in [4.78, 5) is 26.0. The van der Waals surface area contributed by atoms with Gasteiger partial charge in [0.25, 0.3) is 0 Å². The average Bonchev–Trinajstić information content (AvgIpc) is 1.85. The second kappa shape index (κ2) is 10.8. The van der Waals surface area contributed by atoms with Gasteiger partial charge in [0.15, 0.2) is 0 Å². The third kappa shape index (κ3) is 28.9. The van der Waals surface area contributed by atoms with Crippen LogP contribution in [-0.4, -0.2) is 17.2 Å². The molecule has 0 aromatic carbocycles. The van der Waals surface area contributed by atoms with Crippen molar-refractivity contribution in [1.29, 1.82) is 0 Å². The number of rotatable bonds is 3. The highest BCUT2D eigenvalue weighted by Gasteiger charge is 1.90. The lowest BCUT2D eigenvalue weighted by Crippen LogP contribution is -1.91. The number of hydrogen-bond donors (Lipinski definition) is 1. The molecular formula is C6H10O4. The van der Waals surface area contributed by atoms with Crippen LogP contribution in [0.2, 0.25) is 0 Å². The van der Waals surface area contributed by atoms with Crippen LogP contribution in [0.4, 0.5) is 0 Å². The van der Waals surface area contributed by atoms with Gasteiger partial charge >= 0.3 is 12.1 Å². The Labute approximate surface area is 58.8 Å². The zero-order valence-electron chi connectivity index (χ0n) is 5.79. The molecule has 0 aliphatic rings. The van der Waals surface area contributed by atoms with E-state index in [4.69, 9.17) is 14.7 Å². The lowest BCUT2D eigenvalue weighted by atomic mass is 10.3. The van der Waals surface area contributed by atoms with E-state index in [2.05, 4.69) is 0 Å². The summed E-state index contributed by atoms with van der Waals surface area (Å²) in [6.45, 7) is 1.98. The summed E-state index contributed by atoms with van der Waals surface area (Å²) in [6.07, 6.45) is 2.33. The molecule has 0 unspecified atom stereocenters. The van der Waals surface area contributed by atoms with Crippen molar-refractivity contribution in [3.05, 3.63) is 0 Å². The van der Waals surface area contributed by atoms with E-state index in [-0.39, 0.29) is 6.15 Å². The fraction of sp³-hybridized carbons (Fsp3) is 0.667. The molecule has 0 heterocycles. The number of unbranched alkanes of at least 4 members (excludes halogenated alkanes) is 1. The maximum Gasteiger partial charge on any atom is 0.373 e. The third-order valence-corrected chi connectivity index (χ3v) is 0.744. The first kappa shape index (κ1) is 11.6. The van der Waals surface area contributed by atoms with Crippen LogP contribution in [0.15, 0.2) is 0 Å². The molecule has 0 fully saturated rings. The van der Waals surface area contributed by atoms with Crippen molar-refractivity contribution in [2.75, 3.05) is 0 Å². The number of hydrogen-bond acceptors (Lipinski definition) is 3. The van der Waals surface area contributed by atoms with Crippen molar-refractivity contribution >= 4 is 12.1 Å². The van der Waals surface area contributed by atoms with Crippen molar-refractivity contribution in [3.8, 4) is 0 Å². The summed E-state index contributed by atoms with van der Waals surface area (Å²) in [7, 11) is 0. The highest BCUT2D eigenvalue weighted by molar-refractivity contribution is 5.66. The Morgan fingerprint density at radius 1 is 1.50 bits per heavy atom. The third-order valence-electron chi connectivity index (χ3n) is 0.744. The zero-order chi connectivity index (χ0) is 8.41. The Morgan fingerprint density at radius 2 is 1.90 bits per heavy atom. The minimum Gasteiger partial charge on any atom is -0.481 e. The molecule has 0 aliphatic heterocycles. The summed E-state index contributed by atoms with van der Waals surface area (Å²) in [6, 6.07) is 0. The van der Waals surface area contributed by atoms with Crippen molar-refractivity contribution in [2.24, 2.45) is 0 Å². The van der Waals surface area contributed by atoms with Crippen molar-refractivity contribution < 1.29 is 19.5 Å². The predicted molar refractivity (Wildman–Crippen MR) is 32.2 cm³/mol. The van der Waals surface area contributed by atoms with Gasteiger partial charge in [-0.05, 0) is 6.42 Å². The molecule has 0 aromatic rings. The molecule has 58 valence electrons. The van der Waals surface area contributed by atoms with Crippen LogP contribution < -0.4 is 0 Å². The number of carbonyl (C=O) groups excluding carboxylic acids is 2. The van der Waals surface area contributed by atoms with E-state index in [0.717, 1.165) is 12.8 Å². The topological polar surface area (TPSA) is 71.4 Å². The van der Waals surface area contributed by atoms with Gasteiger partial charge in [-0.3, -0.25) is 4.79 Å². The van der Waals surface area contributed by atoms with E-state index in [1.54, 1.807) is 0 Å². The maximum atomic E-state index is 9.76. The summed E-state index contributed by atoms with van der Waals surface area (Å²) >= 11 is 0. The standard InChI is InChI=1S/C5H10O2.CO2/c1-2-3-4-5(6)7;2-1-3/h2-4H2,1H3,(H,6,7);. The fourth-order valence-corrected chi connectivity index (χ4v) is 0.328. The van der Waals surface area contributed by atoms with E-state index < -0.39 is 5.97 Å². The average molecular weight is 146 g/mol. The van der Waals surface area contributed by atoms with Crippen LogP contribution in [0.1, 0.15) is 26.2 Å². The summed E-state index contributed by atoms with van der Waals surface area (Å²) in [5, 5.41) is 8.04. The minimum absolute atomic E-state index is 0.250. The molecule has 0 bridgehead atoms. The molecule has 0 spiro atoms. The molecule has 1 N–H and O–H groups in total. The minimum atomic E-state index is -0.693. The van der Waals surface area contributed by atoms with Crippen molar-refractivity contribution in [1.82, 2.24) is 0 Å². The van der Waals surface area contributed by atoms with Gasteiger partial charge in [-0.15, -0.1) is 0 Å². The van der Waals surface area contributed by atoms with E-state index in [1.807, 2.05) is 6.92 Å². The Morgan fingerprint density at radius 3 is 2.00 bits per heavy atom. The largest absolute Gasteiger partial charge is 0.481 e. The molecule has 0 saturated carbocycles. The van der Waals surface area contributed by atoms with Gasteiger partial charge in [-0.2, -0.15) is 9.59 Å². The lowest BCUT2D eigenvalue weighted by Gasteiger charge is -1.85. The Balaban J connectivity index is 0. The Kier molecular flexibility index (Phi) is 12.5. The van der Waals surface area contributed by atoms with E-state index in [0.29, 0.717) is 6.42 Å². The first-order chi connectivity index (χ1) is 4.68. The van der Waals surface area contributed by atoms with E-state index in [9.17, 15) is 4.79 Å². The Bertz CT molecular complexity index is 113. The van der Waals surface area contributed by atoms with Gasteiger partial charge in [-0.25, -0.2) is 0 Å². The highest BCUT2D eigenvalue weighted by Crippen LogP contribution is 1.91. The van der Waals surface area contributed by atoms with E-state index in [1.165, 1.54) is 0 Å². The van der Waals surface area contributed by atoms with Crippen molar-refractivity contribution in [3.63, 3.8) is 0 Å². The summed E-state index contributed by atoms with van der Waals surface area (Å²) < 4.78 is 0. The Hall–Kier alpha value is -1.15. The number of carbonyl (C=O) groups is 1. The van der Waals surface area contributed by atoms with E-state index >= 15 is 0 Å². The van der Waals surface area contributed by atoms with Gasteiger partial charge in [0.05, 0.1) is 0 Å². The molecule has 0 atom stereocenters. The maximum absolute atomic E-state index is 9.76. The quantitative estimate of drug-likeness (QED) is 0.635. The zero-order valence-corrected chi connectivity index (χ0v) is 5.79. The number of carboxylic acid groups (broad SMARTS) is 1. The van der Waals surface area contributed by atoms with Crippen LogP contribution >= 0.6 is 0 Å². The second-order valence-electron chi connectivity index (χ2n) is 1.58. The lowest BCUT2D eigenvalue weighted by molar-refractivity contribution is -0.191. The molecule has 4 heteroatoms. The molecule has 0 rings (SSSR count). The second-order valence-corrected chi connectivity index (χ2v) is 1.58. The van der Waals surface area contributed by atoms with Crippen LogP contribution in [0.25, 0.3) is 0 Å². The van der Waals surface area contributed by atoms with Crippen molar-refractivity contribution in [2.45, 2.75) is 26.2 Å². The predicted octanol–water partition coefficient (Wildman–Crippen LogP) is 0.678. The monoisotopic (exact) mass is 146 g/mol. The van der Waals surface area contributed by atoms with Gasteiger partial charge in [0, 0.05) is 6.42 Å². The van der Waals surface area contributed by atoms with Gasteiger partial charge in [0.1, 0.15) is 0 Å². The summed E-state index contributed by atoms with van der Waals surface area (Å²) in [5.41, 5.74) is 0. The number of carboxylic acids is 1. The SMILES string of the molecule is CCCCC(=O)O.O=C=O. The first-order valence-electron chi connectivity index (χ1n) is 2.90. The normalized spacial score (nSPS) is 6.90. The van der Waals surface area contributed by atoms with Gasteiger partial charge in [0.2, 0.25) is 0 Å². The molecule has 4 nitrogen and oxygen atoms in total. The molecule has 0 amide bonds. The van der Waals surface area contributed by atoms with Crippen LogP contribution in [0, 0.1) is 0 Å². The highest BCUT2D eigenvalue weighted by atomic mass is 16.4. The molecule has 0 saturated heterocycles. The molecule has 0 radical (unpaired) electrons. The fourth-order valence-electron chi connectivity index (χ4n) is 0.328. The van der Waals surface area contributed by atoms with Gasteiger partial charge < -0.3 is 5.11 Å². The molecule has 0 aliphatic carbocycles. The van der Waals surface area contributed by atoms with Crippen LogP contribution in [0.5, 0.6) is 0 Å². The molecular weight excluding hydrogens is 136 g/mol.